The maximum Gasteiger partial charge on any atom is 0.231 e. The van der Waals surface area contributed by atoms with Crippen molar-refractivity contribution in [3.63, 3.8) is 0 Å². The molecule has 2 aliphatic rings. The Bertz CT molecular complexity index is 224. The van der Waals surface area contributed by atoms with E-state index < -0.39 is 0 Å². The van der Waals surface area contributed by atoms with Gasteiger partial charge in [-0.3, -0.25) is 4.79 Å². The number of hydrogen-bond donors (Lipinski definition) is 1. The summed E-state index contributed by atoms with van der Waals surface area (Å²) in [5.74, 6) is 0.196. The molecule has 0 atom stereocenters. The molecular weight excluding hydrogens is 166 g/mol. The number of rotatable bonds is 3. The molecule has 0 aromatic heterocycles. The van der Waals surface area contributed by atoms with Crippen molar-refractivity contribution in [2.45, 2.75) is 38.6 Å². The van der Waals surface area contributed by atoms with E-state index in [1.165, 1.54) is 0 Å². The number of hydrogen-bond acceptors (Lipinski definition) is 2. The fourth-order valence-corrected chi connectivity index (χ4v) is 1.56. The van der Waals surface area contributed by atoms with Crippen LogP contribution in [0.15, 0.2) is 0 Å². The third kappa shape index (κ3) is 1.46. The van der Waals surface area contributed by atoms with Gasteiger partial charge in [-0.05, 0) is 26.2 Å². The number of nitrogens with one attached hydrogen (secondary N) is 1. The van der Waals surface area contributed by atoms with E-state index in [4.69, 9.17) is 4.74 Å². The van der Waals surface area contributed by atoms with E-state index in [0.29, 0.717) is 13.2 Å². The van der Waals surface area contributed by atoms with Crippen molar-refractivity contribution in [2.24, 2.45) is 5.41 Å². The molecule has 1 N–H and O–H groups in total. The smallest absolute Gasteiger partial charge is 0.231 e. The van der Waals surface area contributed by atoms with E-state index in [2.05, 4.69) is 19.2 Å². The van der Waals surface area contributed by atoms with Gasteiger partial charge < -0.3 is 10.1 Å². The molecule has 1 amide bonds. The average molecular weight is 183 g/mol. The molecule has 0 unspecified atom stereocenters. The van der Waals surface area contributed by atoms with E-state index >= 15 is 0 Å². The number of carbonyl (C=O) groups excluding carboxylic acids is 1. The SMILES string of the molecule is CCC1(C(=O)NC2(C)CC2)COC1. The zero-order chi connectivity index (χ0) is 9.53. The summed E-state index contributed by atoms with van der Waals surface area (Å²) in [4.78, 5) is 11.8. The summed E-state index contributed by atoms with van der Waals surface area (Å²) in [7, 11) is 0. The standard InChI is InChI=1S/C10H17NO2/c1-3-10(6-13-7-10)8(12)11-9(2)4-5-9/h3-7H2,1-2H3,(H,11,12). The summed E-state index contributed by atoms with van der Waals surface area (Å²) in [5, 5.41) is 3.10. The van der Waals surface area contributed by atoms with Crippen LogP contribution in [-0.4, -0.2) is 24.7 Å². The molecule has 1 aliphatic carbocycles. The second kappa shape index (κ2) is 2.71. The third-order valence-corrected chi connectivity index (χ3v) is 3.33. The first-order valence-electron chi connectivity index (χ1n) is 5.01. The van der Waals surface area contributed by atoms with Gasteiger partial charge in [0, 0.05) is 5.54 Å². The van der Waals surface area contributed by atoms with Gasteiger partial charge in [0.1, 0.15) is 0 Å². The maximum absolute atomic E-state index is 11.8. The molecule has 0 bridgehead atoms. The molecule has 3 heteroatoms. The fraction of sp³-hybridized carbons (Fsp3) is 0.900. The summed E-state index contributed by atoms with van der Waals surface area (Å²) in [5.41, 5.74) is -0.0968. The Hall–Kier alpha value is -0.570. The molecule has 0 spiro atoms. The summed E-state index contributed by atoms with van der Waals surface area (Å²) in [6.07, 6.45) is 3.13. The topological polar surface area (TPSA) is 38.3 Å². The van der Waals surface area contributed by atoms with Gasteiger partial charge in [-0.15, -0.1) is 0 Å². The molecule has 0 aromatic rings. The van der Waals surface area contributed by atoms with Gasteiger partial charge in [0.25, 0.3) is 0 Å². The monoisotopic (exact) mass is 183 g/mol. The number of amides is 1. The molecule has 0 aromatic carbocycles. The molecule has 1 saturated heterocycles. The van der Waals surface area contributed by atoms with Crippen molar-refractivity contribution >= 4 is 5.91 Å². The largest absolute Gasteiger partial charge is 0.379 e. The highest BCUT2D eigenvalue weighted by atomic mass is 16.5. The Kier molecular flexibility index (Phi) is 1.88. The Balaban J connectivity index is 1.95. The van der Waals surface area contributed by atoms with Crippen LogP contribution in [0.1, 0.15) is 33.1 Å². The van der Waals surface area contributed by atoms with Crippen LogP contribution in [0.3, 0.4) is 0 Å². The normalized spacial score (nSPS) is 27.5. The van der Waals surface area contributed by atoms with E-state index in [0.717, 1.165) is 19.3 Å². The van der Waals surface area contributed by atoms with Crippen molar-refractivity contribution in [1.82, 2.24) is 5.32 Å². The van der Waals surface area contributed by atoms with Gasteiger partial charge >= 0.3 is 0 Å². The van der Waals surface area contributed by atoms with E-state index in [-0.39, 0.29) is 16.9 Å². The van der Waals surface area contributed by atoms with Gasteiger partial charge in [0.15, 0.2) is 0 Å². The fourth-order valence-electron chi connectivity index (χ4n) is 1.56. The highest BCUT2D eigenvalue weighted by Gasteiger charge is 2.48. The van der Waals surface area contributed by atoms with Crippen molar-refractivity contribution < 1.29 is 9.53 Å². The third-order valence-electron chi connectivity index (χ3n) is 3.33. The van der Waals surface area contributed by atoms with Crippen molar-refractivity contribution in [3.8, 4) is 0 Å². The molecule has 2 rings (SSSR count). The van der Waals surface area contributed by atoms with Crippen LogP contribution in [0.25, 0.3) is 0 Å². The summed E-state index contributed by atoms with van der Waals surface area (Å²) >= 11 is 0. The second-order valence-electron chi connectivity index (χ2n) is 4.64. The van der Waals surface area contributed by atoms with Crippen molar-refractivity contribution in [3.05, 3.63) is 0 Å². The molecular formula is C10H17NO2. The van der Waals surface area contributed by atoms with Crippen LogP contribution in [-0.2, 0) is 9.53 Å². The lowest BCUT2D eigenvalue weighted by atomic mass is 9.82. The molecule has 2 fully saturated rings. The van der Waals surface area contributed by atoms with Crippen LogP contribution in [0.5, 0.6) is 0 Å². The lowest BCUT2D eigenvalue weighted by Gasteiger charge is -2.39. The minimum atomic E-state index is -0.203. The van der Waals surface area contributed by atoms with Gasteiger partial charge in [-0.2, -0.15) is 0 Å². The summed E-state index contributed by atoms with van der Waals surface area (Å²) < 4.78 is 5.12. The number of carbonyl (C=O) groups is 1. The Labute approximate surface area is 78.8 Å². The Morgan fingerprint density at radius 2 is 2.08 bits per heavy atom. The minimum absolute atomic E-state index is 0.106. The quantitative estimate of drug-likeness (QED) is 0.711. The zero-order valence-corrected chi connectivity index (χ0v) is 8.35. The molecule has 13 heavy (non-hydrogen) atoms. The zero-order valence-electron chi connectivity index (χ0n) is 8.35. The van der Waals surface area contributed by atoms with Crippen LogP contribution in [0.4, 0.5) is 0 Å². The first-order valence-corrected chi connectivity index (χ1v) is 5.01. The van der Waals surface area contributed by atoms with E-state index in [1.54, 1.807) is 0 Å². The Morgan fingerprint density at radius 1 is 1.46 bits per heavy atom. The lowest BCUT2D eigenvalue weighted by molar-refractivity contribution is -0.163. The first-order chi connectivity index (χ1) is 6.10. The van der Waals surface area contributed by atoms with Crippen molar-refractivity contribution in [2.75, 3.05) is 13.2 Å². The molecule has 1 heterocycles. The molecule has 3 nitrogen and oxygen atoms in total. The van der Waals surface area contributed by atoms with Gasteiger partial charge in [0.2, 0.25) is 5.91 Å². The van der Waals surface area contributed by atoms with Crippen molar-refractivity contribution in [1.29, 1.82) is 0 Å². The van der Waals surface area contributed by atoms with E-state index in [1.807, 2.05) is 0 Å². The molecule has 1 aliphatic heterocycles. The highest BCUT2D eigenvalue weighted by molar-refractivity contribution is 5.84. The first kappa shape index (κ1) is 9.00. The maximum atomic E-state index is 11.8. The van der Waals surface area contributed by atoms with Gasteiger partial charge in [0.05, 0.1) is 18.6 Å². The second-order valence-corrected chi connectivity index (χ2v) is 4.64. The Morgan fingerprint density at radius 3 is 2.38 bits per heavy atom. The van der Waals surface area contributed by atoms with Crippen LogP contribution in [0.2, 0.25) is 0 Å². The van der Waals surface area contributed by atoms with Gasteiger partial charge in [-0.25, -0.2) is 0 Å². The molecule has 1 saturated carbocycles. The predicted octanol–water partition coefficient (Wildman–Crippen LogP) is 1.08. The molecule has 74 valence electrons. The number of ether oxygens (including phenoxy) is 1. The van der Waals surface area contributed by atoms with Crippen LogP contribution >= 0.6 is 0 Å². The lowest BCUT2D eigenvalue weighted by Crippen LogP contribution is -2.55. The minimum Gasteiger partial charge on any atom is -0.379 e. The highest BCUT2D eigenvalue weighted by Crippen LogP contribution is 2.38. The summed E-state index contributed by atoms with van der Waals surface area (Å²) in [6, 6.07) is 0. The van der Waals surface area contributed by atoms with E-state index in [9.17, 15) is 4.79 Å². The van der Waals surface area contributed by atoms with Crippen LogP contribution < -0.4 is 5.32 Å². The van der Waals surface area contributed by atoms with Gasteiger partial charge in [-0.1, -0.05) is 6.92 Å². The average Bonchev–Trinajstić information content (AvgIpc) is 2.66. The van der Waals surface area contributed by atoms with Crippen LogP contribution in [0, 0.1) is 5.41 Å². The summed E-state index contributed by atoms with van der Waals surface area (Å²) in [6.45, 7) is 5.36. The molecule has 0 radical (unpaired) electrons. The predicted molar refractivity (Wildman–Crippen MR) is 49.3 cm³/mol.